The van der Waals surface area contributed by atoms with Crippen LogP contribution in [0, 0.1) is 5.82 Å². The Hall–Kier alpha value is -1.35. The molecular weight excluding hydrogens is 219 g/mol. The number of aliphatic hydroxyl groups is 1. The fraction of sp³-hybridized carbons (Fsp3) is 0.429. The Bertz CT molecular complexity index is 490. The van der Waals surface area contributed by atoms with Gasteiger partial charge in [0.05, 0.1) is 0 Å². The van der Waals surface area contributed by atoms with E-state index in [2.05, 4.69) is 6.92 Å². The monoisotopic (exact) mass is 236 g/mol. The zero-order valence-electron chi connectivity index (χ0n) is 9.95. The molecule has 1 N–H and O–H groups in total. The molecule has 0 aliphatic heterocycles. The lowest BCUT2D eigenvalue weighted by atomic mass is 10.1. The smallest absolute Gasteiger partial charge is 0.170 e. The van der Waals surface area contributed by atoms with Crippen molar-refractivity contribution in [3.8, 4) is 0 Å². The maximum atomic E-state index is 13.4. The molecule has 2 aromatic rings. The molecule has 92 valence electrons. The quantitative estimate of drug-likeness (QED) is 0.790. The lowest BCUT2D eigenvalue weighted by Gasteiger charge is -2.06. The summed E-state index contributed by atoms with van der Waals surface area (Å²) in [5.41, 5.74) is 0.233. The van der Waals surface area contributed by atoms with E-state index in [9.17, 15) is 9.50 Å². The molecule has 0 radical (unpaired) electrons. The lowest BCUT2D eigenvalue weighted by molar-refractivity contribution is 0.139. The Morgan fingerprint density at radius 2 is 2.18 bits per heavy atom. The highest BCUT2D eigenvalue weighted by molar-refractivity contribution is 5.78. The van der Waals surface area contributed by atoms with E-state index in [4.69, 9.17) is 4.42 Å². The van der Waals surface area contributed by atoms with Gasteiger partial charge < -0.3 is 9.52 Å². The molecule has 1 atom stereocenters. The van der Waals surface area contributed by atoms with Crippen LogP contribution in [0.5, 0.6) is 0 Å². The summed E-state index contributed by atoms with van der Waals surface area (Å²) in [4.78, 5) is 0. The second-order valence-corrected chi connectivity index (χ2v) is 4.32. The summed E-state index contributed by atoms with van der Waals surface area (Å²) in [5.74, 6) is 0.0794. The van der Waals surface area contributed by atoms with E-state index in [0.29, 0.717) is 17.6 Å². The molecule has 0 aliphatic carbocycles. The summed E-state index contributed by atoms with van der Waals surface area (Å²) in [7, 11) is 0. The van der Waals surface area contributed by atoms with Gasteiger partial charge in [-0.15, -0.1) is 0 Å². The molecule has 2 nitrogen and oxygen atoms in total. The fourth-order valence-corrected chi connectivity index (χ4v) is 1.94. The number of hydrogen-bond donors (Lipinski definition) is 1. The van der Waals surface area contributed by atoms with Crippen LogP contribution in [-0.2, 0) is 0 Å². The van der Waals surface area contributed by atoms with Crippen LogP contribution in [0.4, 0.5) is 4.39 Å². The van der Waals surface area contributed by atoms with Crippen molar-refractivity contribution in [2.45, 2.75) is 38.7 Å². The first-order chi connectivity index (χ1) is 8.22. The Balaban J connectivity index is 2.16. The van der Waals surface area contributed by atoms with Crippen LogP contribution >= 0.6 is 0 Å². The van der Waals surface area contributed by atoms with Crippen molar-refractivity contribution >= 4 is 11.0 Å². The van der Waals surface area contributed by atoms with E-state index in [0.717, 1.165) is 19.3 Å². The normalized spacial score (nSPS) is 13.1. The molecule has 17 heavy (non-hydrogen) atoms. The Labute approximate surface area is 100 Å². The Morgan fingerprint density at radius 1 is 1.35 bits per heavy atom. The summed E-state index contributed by atoms with van der Waals surface area (Å²) in [5, 5.41) is 10.6. The van der Waals surface area contributed by atoms with Gasteiger partial charge in [-0.1, -0.05) is 38.3 Å². The third-order valence-electron chi connectivity index (χ3n) is 2.92. The number of fused-ring (bicyclic) bond motifs is 1. The molecule has 0 aliphatic rings. The summed E-state index contributed by atoms with van der Waals surface area (Å²) < 4.78 is 18.8. The number of benzene rings is 1. The molecule has 0 spiro atoms. The zero-order valence-corrected chi connectivity index (χ0v) is 9.95. The summed E-state index contributed by atoms with van der Waals surface area (Å²) in [6.07, 6.45) is 3.19. The van der Waals surface area contributed by atoms with Gasteiger partial charge in [-0.25, -0.2) is 4.39 Å². The second kappa shape index (κ2) is 5.32. The van der Waals surface area contributed by atoms with Gasteiger partial charge in [0.1, 0.15) is 11.9 Å². The van der Waals surface area contributed by atoms with Crippen molar-refractivity contribution in [3.05, 3.63) is 35.8 Å². The number of furan rings is 1. The van der Waals surface area contributed by atoms with Crippen molar-refractivity contribution in [1.82, 2.24) is 0 Å². The van der Waals surface area contributed by atoms with Gasteiger partial charge in [-0.05, 0) is 18.6 Å². The first kappa shape index (κ1) is 12.1. The Morgan fingerprint density at radius 3 is 2.88 bits per heavy atom. The van der Waals surface area contributed by atoms with Crippen molar-refractivity contribution < 1.29 is 13.9 Å². The van der Waals surface area contributed by atoms with E-state index >= 15 is 0 Å². The highest BCUT2D eigenvalue weighted by Gasteiger charge is 2.14. The molecule has 0 bridgehead atoms. The molecule has 0 saturated heterocycles. The van der Waals surface area contributed by atoms with Gasteiger partial charge in [0.15, 0.2) is 11.4 Å². The Kier molecular flexibility index (Phi) is 3.79. The second-order valence-electron chi connectivity index (χ2n) is 4.32. The molecule has 0 amide bonds. The van der Waals surface area contributed by atoms with Crippen molar-refractivity contribution in [3.63, 3.8) is 0 Å². The largest absolute Gasteiger partial charge is 0.455 e. The summed E-state index contributed by atoms with van der Waals surface area (Å²) >= 11 is 0. The minimum Gasteiger partial charge on any atom is -0.455 e. The SMILES string of the molecule is CCCCCC(O)c1cc2cccc(F)c2o1. The molecule has 1 heterocycles. The van der Waals surface area contributed by atoms with E-state index in [1.54, 1.807) is 18.2 Å². The van der Waals surface area contributed by atoms with E-state index < -0.39 is 6.10 Å². The van der Waals surface area contributed by atoms with Gasteiger partial charge in [-0.2, -0.15) is 0 Å². The number of unbranched alkanes of at least 4 members (excludes halogenated alkanes) is 2. The van der Waals surface area contributed by atoms with E-state index in [1.165, 1.54) is 6.07 Å². The molecular formula is C14H17FO2. The summed E-state index contributed by atoms with van der Waals surface area (Å²) in [6, 6.07) is 6.50. The minimum absolute atomic E-state index is 0.233. The zero-order chi connectivity index (χ0) is 12.3. The molecule has 3 heteroatoms. The topological polar surface area (TPSA) is 33.4 Å². The van der Waals surface area contributed by atoms with Crippen LogP contribution in [0.15, 0.2) is 28.7 Å². The fourth-order valence-electron chi connectivity index (χ4n) is 1.94. The van der Waals surface area contributed by atoms with Crippen molar-refractivity contribution in [2.24, 2.45) is 0 Å². The maximum Gasteiger partial charge on any atom is 0.170 e. The van der Waals surface area contributed by atoms with Crippen molar-refractivity contribution in [1.29, 1.82) is 0 Å². The highest BCUT2D eigenvalue weighted by Crippen LogP contribution is 2.28. The van der Waals surface area contributed by atoms with Gasteiger partial charge >= 0.3 is 0 Å². The third-order valence-corrected chi connectivity index (χ3v) is 2.92. The molecule has 2 rings (SSSR count). The van der Waals surface area contributed by atoms with Crippen LogP contribution in [0.1, 0.15) is 44.5 Å². The number of hydrogen-bond acceptors (Lipinski definition) is 2. The number of rotatable bonds is 5. The van der Waals surface area contributed by atoms with Gasteiger partial charge in [0.25, 0.3) is 0 Å². The standard InChI is InChI=1S/C14H17FO2/c1-2-3-4-8-12(16)13-9-10-6-5-7-11(15)14(10)17-13/h5-7,9,12,16H,2-4,8H2,1H3. The number of para-hydroxylation sites is 1. The first-order valence-electron chi connectivity index (χ1n) is 6.08. The van der Waals surface area contributed by atoms with Crippen LogP contribution in [0.2, 0.25) is 0 Å². The number of aliphatic hydroxyl groups excluding tert-OH is 1. The highest BCUT2D eigenvalue weighted by atomic mass is 19.1. The van der Waals surface area contributed by atoms with Crippen LogP contribution in [-0.4, -0.2) is 5.11 Å². The maximum absolute atomic E-state index is 13.4. The molecule has 1 unspecified atom stereocenters. The predicted molar refractivity (Wildman–Crippen MR) is 65.3 cm³/mol. The molecule has 0 fully saturated rings. The minimum atomic E-state index is -0.631. The van der Waals surface area contributed by atoms with E-state index in [1.807, 2.05) is 0 Å². The lowest BCUT2D eigenvalue weighted by Crippen LogP contribution is -1.94. The van der Waals surface area contributed by atoms with Crippen LogP contribution in [0.3, 0.4) is 0 Å². The average molecular weight is 236 g/mol. The van der Waals surface area contributed by atoms with Gasteiger partial charge in [-0.3, -0.25) is 0 Å². The van der Waals surface area contributed by atoms with Gasteiger partial charge in [0, 0.05) is 5.39 Å². The van der Waals surface area contributed by atoms with Crippen LogP contribution in [0.25, 0.3) is 11.0 Å². The van der Waals surface area contributed by atoms with Crippen molar-refractivity contribution in [2.75, 3.05) is 0 Å². The molecule has 1 aromatic carbocycles. The third kappa shape index (κ3) is 2.67. The molecule has 0 saturated carbocycles. The van der Waals surface area contributed by atoms with E-state index in [-0.39, 0.29) is 11.4 Å². The first-order valence-corrected chi connectivity index (χ1v) is 6.08. The number of halogens is 1. The summed E-state index contributed by atoms with van der Waals surface area (Å²) in [6.45, 7) is 2.11. The average Bonchev–Trinajstić information content (AvgIpc) is 2.75. The molecule has 1 aromatic heterocycles. The predicted octanol–water partition coefficient (Wildman–Crippen LogP) is 4.19. The van der Waals surface area contributed by atoms with Crippen LogP contribution < -0.4 is 0 Å². The van der Waals surface area contributed by atoms with Gasteiger partial charge in [0.2, 0.25) is 0 Å².